The van der Waals surface area contributed by atoms with Crippen LogP contribution in [0.25, 0.3) is 0 Å². The van der Waals surface area contributed by atoms with Crippen LogP contribution in [-0.4, -0.2) is 25.9 Å². The summed E-state index contributed by atoms with van der Waals surface area (Å²) < 4.78 is 10.7. The van der Waals surface area contributed by atoms with E-state index in [4.69, 9.17) is 9.47 Å². The fourth-order valence-electron chi connectivity index (χ4n) is 3.40. The van der Waals surface area contributed by atoms with Crippen molar-refractivity contribution in [3.05, 3.63) is 0 Å². The standard InChI is InChI=1S/C16H34.C8H16O2/c1-3-5-7-9-11-13-15-16-14-12-10-8-6-4-2;1-2-3-4-8-7-9-5-6-10-8/h3-16H2,1-2H3;8H,2-7H2,1H3. The molecule has 0 aromatic heterocycles. The number of rotatable bonds is 16. The second-order valence-electron chi connectivity index (χ2n) is 7.95. The largest absolute Gasteiger partial charge is 0.376 e. The first-order valence-electron chi connectivity index (χ1n) is 12.0. The molecule has 2 heteroatoms. The molecule has 0 saturated carbocycles. The summed E-state index contributed by atoms with van der Waals surface area (Å²) in [5.74, 6) is 0. The van der Waals surface area contributed by atoms with Gasteiger partial charge < -0.3 is 9.47 Å². The molecular formula is C24H50O2. The van der Waals surface area contributed by atoms with Crippen molar-refractivity contribution in [1.82, 2.24) is 0 Å². The first kappa shape index (κ1) is 25.9. The molecule has 1 atom stereocenters. The Morgan fingerprint density at radius 1 is 0.538 bits per heavy atom. The average molecular weight is 371 g/mol. The average Bonchev–Trinajstić information content (AvgIpc) is 2.68. The lowest BCUT2D eigenvalue weighted by atomic mass is 10.0. The van der Waals surface area contributed by atoms with Crippen LogP contribution in [0.2, 0.25) is 0 Å². The molecule has 158 valence electrons. The van der Waals surface area contributed by atoms with Gasteiger partial charge in [-0.15, -0.1) is 0 Å². The minimum absolute atomic E-state index is 0.383. The summed E-state index contributed by atoms with van der Waals surface area (Å²) in [5.41, 5.74) is 0. The smallest absolute Gasteiger partial charge is 0.0809 e. The van der Waals surface area contributed by atoms with Crippen LogP contribution in [0.4, 0.5) is 0 Å². The summed E-state index contributed by atoms with van der Waals surface area (Å²) in [6.07, 6.45) is 24.5. The molecule has 1 rings (SSSR count). The maximum atomic E-state index is 5.46. The molecular weight excluding hydrogens is 320 g/mol. The van der Waals surface area contributed by atoms with Gasteiger partial charge in [0.05, 0.1) is 25.9 Å². The molecule has 1 unspecified atom stereocenters. The Balaban J connectivity index is 0.000000531. The summed E-state index contributed by atoms with van der Waals surface area (Å²) in [5, 5.41) is 0. The number of unbranched alkanes of at least 4 members (excludes halogenated alkanes) is 14. The van der Waals surface area contributed by atoms with E-state index in [9.17, 15) is 0 Å². The molecule has 0 aromatic carbocycles. The monoisotopic (exact) mass is 370 g/mol. The summed E-state index contributed by atoms with van der Waals surface area (Å²) in [6, 6.07) is 0. The summed E-state index contributed by atoms with van der Waals surface area (Å²) >= 11 is 0. The Morgan fingerprint density at radius 2 is 0.962 bits per heavy atom. The highest BCUT2D eigenvalue weighted by molar-refractivity contribution is 4.59. The minimum atomic E-state index is 0.383. The quantitative estimate of drug-likeness (QED) is 0.256. The number of hydrogen-bond donors (Lipinski definition) is 0. The molecule has 1 aliphatic heterocycles. The Labute approximate surface area is 165 Å². The van der Waals surface area contributed by atoms with Crippen LogP contribution in [0, 0.1) is 0 Å². The van der Waals surface area contributed by atoms with Crippen molar-refractivity contribution in [2.45, 2.75) is 136 Å². The van der Waals surface area contributed by atoms with Crippen LogP contribution in [0.5, 0.6) is 0 Å². The van der Waals surface area contributed by atoms with E-state index in [1.165, 1.54) is 103 Å². The molecule has 1 aliphatic rings. The third-order valence-corrected chi connectivity index (χ3v) is 5.22. The van der Waals surface area contributed by atoms with Crippen molar-refractivity contribution in [3.8, 4) is 0 Å². The van der Waals surface area contributed by atoms with Gasteiger partial charge in [0.15, 0.2) is 0 Å². The summed E-state index contributed by atoms with van der Waals surface area (Å²) in [7, 11) is 0. The number of hydrogen-bond acceptors (Lipinski definition) is 2. The topological polar surface area (TPSA) is 18.5 Å². The fourth-order valence-corrected chi connectivity index (χ4v) is 3.40. The summed E-state index contributed by atoms with van der Waals surface area (Å²) in [6.45, 7) is 9.15. The van der Waals surface area contributed by atoms with Crippen LogP contribution < -0.4 is 0 Å². The first-order valence-corrected chi connectivity index (χ1v) is 12.0. The van der Waals surface area contributed by atoms with Gasteiger partial charge in [0, 0.05) is 0 Å². The van der Waals surface area contributed by atoms with Crippen molar-refractivity contribution >= 4 is 0 Å². The van der Waals surface area contributed by atoms with Crippen LogP contribution in [-0.2, 0) is 9.47 Å². The van der Waals surface area contributed by atoms with Crippen LogP contribution in [0.3, 0.4) is 0 Å². The Morgan fingerprint density at radius 3 is 1.31 bits per heavy atom. The lowest BCUT2D eigenvalue weighted by Gasteiger charge is -2.22. The molecule has 0 radical (unpaired) electrons. The van der Waals surface area contributed by atoms with Crippen LogP contribution in [0.1, 0.15) is 130 Å². The van der Waals surface area contributed by atoms with Crippen LogP contribution >= 0.6 is 0 Å². The molecule has 0 aliphatic carbocycles. The van der Waals surface area contributed by atoms with Crippen molar-refractivity contribution in [1.29, 1.82) is 0 Å². The van der Waals surface area contributed by atoms with Gasteiger partial charge in [-0.25, -0.2) is 0 Å². The van der Waals surface area contributed by atoms with Crippen molar-refractivity contribution < 1.29 is 9.47 Å². The Kier molecular flexibility index (Phi) is 22.9. The van der Waals surface area contributed by atoms with Gasteiger partial charge in [-0.05, 0) is 6.42 Å². The third kappa shape index (κ3) is 20.2. The maximum absolute atomic E-state index is 5.46. The zero-order chi connectivity index (χ0) is 19.1. The molecule has 26 heavy (non-hydrogen) atoms. The van der Waals surface area contributed by atoms with Gasteiger partial charge in [0.1, 0.15) is 0 Å². The van der Waals surface area contributed by atoms with E-state index in [-0.39, 0.29) is 0 Å². The molecule has 0 aromatic rings. The SMILES string of the molecule is CCCCC1COCCO1.CCCCCCCCCCCCCCCC. The number of ether oxygens (including phenoxy) is 2. The molecule has 1 saturated heterocycles. The van der Waals surface area contributed by atoms with E-state index in [2.05, 4.69) is 20.8 Å². The second-order valence-corrected chi connectivity index (χ2v) is 7.95. The molecule has 0 spiro atoms. The van der Waals surface area contributed by atoms with Crippen molar-refractivity contribution in [2.24, 2.45) is 0 Å². The second kappa shape index (κ2) is 23.0. The van der Waals surface area contributed by atoms with E-state index in [1.807, 2.05) is 0 Å². The molecule has 0 bridgehead atoms. The molecule has 0 N–H and O–H groups in total. The zero-order valence-electron chi connectivity index (χ0n) is 18.5. The molecule has 1 heterocycles. The van der Waals surface area contributed by atoms with Gasteiger partial charge >= 0.3 is 0 Å². The summed E-state index contributed by atoms with van der Waals surface area (Å²) in [4.78, 5) is 0. The normalized spacial score (nSPS) is 17.0. The lowest BCUT2D eigenvalue weighted by molar-refractivity contribution is -0.0911. The fraction of sp³-hybridized carbons (Fsp3) is 1.00. The third-order valence-electron chi connectivity index (χ3n) is 5.22. The molecule has 1 fully saturated rings. The van der Waals surface area contributed by atoms with E-state index in [0.717, 1.165) is 26.2 Å². The lowest BCUT2D eigenvalue weighted by Crippen LogP contribution is -2.28. The van der Waals surface area contributed by atoms with Crippen LogP contribution in [0.15, 0.2) is 0 Å². The van der Waals surface area contributed by atoms with Crippen molar-refractivity contribution in [3.63, 3.8) is 0 Å². The first-order chi connectivity index (χ1) is 12.8. The van der Waals surface area contributed by atoms with E-state index in [1.54, 1.807) is 0 Å². The van der Waals surface area contributed by atoms with Gasteiger partial charge in [-0.2, -0.15) is 0 Å². The minimum Gasteiger partial charge on any atom is -0.376 e. The van der Waals surface area contributed by atoms with Gasteiger partial charge in [0.2, 0.25) is 0 Å². The van der Waals surface area contributed by atoms with E-state index in [0.29, 0.717) is 6.10 Å². The highest BCUT2D eigenvalue weighted by Gasteiger charge is 2.12. The van der Waals surface area contributed by atoms with E-state index >= 15 is 0 Å². The zero-order valence-corrected chi connectivity index (χ0v) is 18.5. The van der Waals surface area contributed by atoms with Crippen molar-refractivity contribution in [2.75, 3.05) is 19.8 Å². The van der Waals surface area contributed by atoms with Gasteiger partial charge in [-0.3, -0.25) is 0 Å². The molecule has 0 amide bonds. The highest BCUT2D eigenvalue weighted by atomic mass is 16.6. The maximum Gasteiger partial charge on any atom is 0.0809 e. The molecule has 2 nitrogen and oxygen atoms in total. The highest BCUT2D eigenvalue weighted by Crippen LogP contribution is 2.12. The Hall–Kier alpha value is -0.0800. The van der Waals surface area contributed by atoms with Gasteiger partial charge in [0.25, 0.3) is 0 Å². The predicted molar refractivity (Wildman–Crippen MR) is 116 cm³/mol. The van der Waals surface area contributed by atoms with E-state index < -0.39 is 0 Å². The predicted octanol–water partition coefficient (Wildman–Crippen LogP) is 8.08. The van der Waals surface area contributed by atoms with Gasteiger partial charge in [-0.1, -0.05) is 124 Å². The Bertz CT molecular complexity index is 222.